The number of carboxylic acid groups (broad SMARTS) is 1. The Morgan fingerprint density at radius 1 is 1.21 bits per heavy atom. The molecule has 0 spiro atoms. The van der Waals surface area contributed by atoms with E-state index in [1.807, 2.05) is 12.1 Å². The fourth-order valence-electron chi connectivity index (χ4n) is 4.91. The van der Waals surface area contributed by atoms with Gasteiger partial charge in [0.1, 0.15) is 0 Å². The third-order valence-corrected chi connectivity index (χ3v) is 6.88. The van der Waals surface area contributed by atoms with E-state index in [0.717, 1.165) is 28.1 Å². The number of carbonyl (C=O) groups is 2. The smallest absolute Gasteiger partial charge is 0.407 e. The molecule has 1 fully saturated rings. The zero-order valence-electron chi connectivity index (χ0n) is 15.7. The lowest BCUT2D eigenvalue weighted by atomic mass is 9.87. The largest absolute Gasteiger partial charge is 0.465 e. The predicted molar refractivity (Wildman–Crippen MR) is 113 cm³/mol. The van der Waals surface area contributed by atoms with Crippen LogP contribution in [0.15, 0.2) is 30.3 Å². The summed E-state index contributed by atoms with van der Waals surface area (Å²) >= 11 is 12.5. The molecule has 2 atom stereocenters. The summed E-state index contributed by atoms with van der Waals surface area (Å²) in [6.07, 6.45) is -0.192. The minimum Gasteiger partial charge on any atom is -0.465 e. The number of amides is 2. The van der Waals surface area contributed by atoms with Gasteiger partial charge in [0.2, 0.25) is 5.91 Å². The number of fused-ring (bicyclic) bond motifs is 3. The molecule has 150 valence electrons. The lowest BCUT2D eigenvalue weighted by Gasteiger charge is -2.40. The van der Waals surface area contributed by atoms with Crippen LogP contribution in [0.1, 0.15) is 17.9 Å². The Labute approximate surface area is 178 Å². The molecule has 0 unspecified atom stereocenters. The number of nitrogens with zero attached hydrogens (tertiary/aromatic N) is 3. The minimum atomic E-state index is -0.899. The fraction of sp³-hybridized carbons (Fsp3) is 0.333. The van der Waals surface area contributed by atoms with Gasteiger partial charge in [-0.05, 0) is 41.8 Å². The van der Waals surface area contributed by atoms with Crippen LogP contribution in [0.4, 0.5) is 16.2 Å². The maximum atomic E-state index is 12.7. The molecule has 1 N–H and O–H groups in total. The molecule has 0 radical (unpaired) electrons. The highest BCUT2D eigenvalue weighted by molar-refractivity contribution is 6.36. The van der Waals surface area contributed by atoms with E-state index in [2.05, 4.69) is 11.0 Å². The highest BCUT2D eigenvalue weighted by Crippen LogP contribution is 2.52. The van der Waals surface area contributed by atoms with Crippen molar-refractivity contribution in [3.63, 3.8) is 0 Å². The maximum Gasteiger partial charge on any atom is 0.407 e. The SMILES string of the molecule is CN1C(=O)CN2c3c(cc(-c4ccc(Cl)cc4Cl)cc31)[C@@H]1CN(C(=O)O)CC[C@@H]12. The van der Waals surface area contributed by atoms with Gasteiger partial charge in [-0.3, -0.25) is 4.79 Å². The lowest BCUT2D eigenvalue weighted by Crippen LogP contribution is -2.51. The van der Waals surface area contributed by atoms with Gasteiger partial charge in [-0.25, -0.2) is 4.79 Å². The monoisotopic (exact) mass is 431 g/mol. The Bertz CT molecular complexity index is 1060. The summed E-state index contributed by atoms with van der Waals surface area (Å²) in [5.74, 6) is 0.0584. The van der Waals surface area contributed by atoms with Crippen molar-refractivity contribution < 1.29 is 14.7 Å². The van der Waals surface area contributed by atoms with Crippen LogP contribution >= 0.6 is 23.2 Å². The van der Waals surface area contributed by atoms with Gasteiger partial charge in [0.15, 0.2) is 0 Å². The molecule has 0 saturated carbocycles. The van der Waals surface area contributed by atoms with Crippen LogP contribution in [0.25, 0.3) is 11.1 Å². The highest BCUT2D eigenvalue weighted by Gasteiger charge is 2.47. The number of likely N-dealkylation sites (N-methyl/N-ethyl adjacent to an activating group) is 1. The predicted octanol–water partition coefficient (Wildman–Crippen LogP) is 4.29. The summed E-state index contributed by atoms with van der Waals surface area (Å²) in [4.78, 5) is 29.6. The highest BCUT2D eigenvalue weighted by atomic mass is 35.5. The summed E-state index contributed by atoms with van der Waals surface area (Å²) in [6, 6.07) is 9.59. The van der Waals surface area contributed by atoms with E-state index in [1.165, 1.54) is 4.90 Å². The Hall–Kier alpha value is -2.44. The summed E-state index contributed by atoms with van der Waals surface area (Å²) in [6.45, 7) is 1.24. The van der Waals surface area contributed by atoms with E-state index in [4.69, 9.17) is 23.2 Å². The van der Waals surface area contributed by atoms with Crippen molar-refractivity contribution in [2.45, 2.75) is 18.4 Å². The zero-order valence-corrected chi connectivity index (χ0v) is 17.2. The van der Waals surface area contributed by atoms with Gasteiger partial charge in [-0.2, -0.15) is 0 Å². The van der Waals surface area contributed by atoms with Crippen LogP contribution in [0.2, 0.25) is 10.0 Å². The second-order valence-corrected chi connectivity index (χ2v) is 8.67. The van der Waals surface area contributed by atoms with Gasteiger partial charge in [0.25, 0.3) is 0 Å². The molecule has 3 aliphatic rings. The molecule has 29 heavy (non-hydrogen) atoms. The molecule has 6 nitrogen and oxygen atoms in total. The van der Waals surface area contributed by atoms with E-state index < -0.39 is 6.09 Å². The van der Waals surface area contributed by atoms with Crippen molar-refractivity contribution >= 4 is 46.6 Å². The standard InChI is InChI=1S/C21H19Cl2N3O3/c1-24-18-7-11(13-3-2-12(22)8-16(13)23)6-14-15-9-25(21(28)29)5-4-17(15)26(20(14)18)10-19(24)27/h2-3,6-8,15,17H,4-5,9-10H2,1H3,(H,28,29)/t15-,17-/m0/s1. The second-order valence-electron chi connectivity index (χ2n) is 7.83. The normalized spacial score (nSPS) is 22.6. The van der Waals surface area contributed by atoms with Crippen LogP contribution < -0.4 is 9.80 Å². The van der Waals surface area contributed by atoms with Crippen molar-refractivity contribution in [3.05, 3.63) is 45.9 Å². The van der Waals surface area contributed by atoms with Gasteiger partial charge < -0.3 is 19.8 Å². The Morgan fingerprint density at radius 3 is 2.72 bits per heavy atom. The van der Waals surface area contributed by atoms with Gasteiger partial charge in [0, 0.05) is 47.7 Å². The van der Waals surface area contributed by atoms with E-state index >= 15 is 0 Å². The molecule has 0 bridgehead atoms. The second kappa shape index (κ2) is 6.54. The molecule has 2 aromatic carbocycles. The average Bonchev–Trinajstić information content (AvgIpc) is 2.99. The van der Waals surface area contributed by atoms with Crippen molar-refractivity contribution in [2.24, 2.45) is 0 Å². The summed E-state index contributed by atoms with van der Waals surface area (Å²) < 4.78 is 0. The van der Waals surface area contributed by atoms with E-state index in [9.17, 15) is 14.7 Å². The molecule has 8 heteroatoms. The first-order valence-electron chi connectivity index (χ1n) is 9.49. The zero-order chi connectivity index (χ0) is 20.4. The molecule has 1 saturated heterocycles. The average molecular weight is 432 g/mol. The number of benzene rings is 2. The number of rotatable bonds is 1. The number of halogens is 2. The third-order valence-electron chi connectivity index (χ3n) is 6.34. The molecule has 0 aliphatic carbocycles. The van der Waals surface area contributed by atoms with Crippen LogP contribution in [0, 0.1) is 0 Å². The first kappa shape index (κ1) is 18.6. The molecule has 5 rings (SSSR count). The number of anilines is 2. The van der Waals surface area contributed by atoms with Crippen LogP contribution in [-0.4, -0.2) is 54.7 Å². The number of carbonyl (C=O) groups excluding carboxylic acids is 1. The van der Waals surface area contributed by atoms with Gasteiger partial charge in [-0.1, -0.05) is 29.3 Å². The topological polar surface area (TPSA) is 64.1 Å². The summed E-state index contributed by atoms with van der Waals surface area (Å²) in [5, 5.41) is 10.6. The van der Waals surface area contributed by atoms with Crippen molar-refractivity contribution in [1.82, 2.24) is 4.90 Å². The molecule has 2 amide bonds. The Kier molecular flexibility index (Phi) is 4.19. The van der Waals surface area contributed by atoms with Crippen molar-refractivity contribution in [3.8, 4) is 11.1 Å². The third kappa shape index (κ3) is 2.77. The van der Waals surface area contributed by atoms with Gasteiger partial charge in [-0.15, -0.1) is 0 Å². The Morgan fingerprint density at radius 2 is 2.00 bits per heavy atom. The summed E-state index contributed by atoms with van der Waals surface area (Å²) in [7, 11) is 1.79. The maximum absolute atomic E-state index is 12.7. The number of likely N-dealkylation sites (tertiary alicyclic amines) is 1. The first-order valence-corrected chi connectivity index (χ1v) is 10.2. The molecule has 3 aliphatic heterocycles. The first-order chi connectivity index (χ1) is 13.8. The number of piperidine rings is 1. The Balaban J connectivity index is 1.69. The minimum absolute atomic E-state index is 0.0268. The molecule has 2 aromatic rings. The molecule has 0 aromatic heterocycles. The summed E-state index contributed by atoms with van der Waals surface area (Å²) in [5.41, 5.74) is 4.70. The van der Waals surface area contributed by atoms with Crippen molar-refractivity contribution in [2.75, 3.05) is 36.5 Å². The fourth-order valence-corrected chi connectivity index (χ4v) is 5.43. The number of hydrogen-bond donors (Lipinski definition) is 1. The molecular weight excluding hydrogens is 413 g/mol. The lowest BCUT2D eigenvalue weighted by molar-refractivity contribution is -0.117. The van der Waals surface area contributed by atoms with Crippen molar-refractivity contribution in [1.29, 1.82) is 0 Å². The van der Waals surface area contributed by atoms with E-state index in [1.54, 1.807) is 24.1 Å². The number of hydrogen-bond acceptors (Lipinski definition) is 3. The molecular formula is C21H19Cl2N3O3. The van der Waals surface area contributed by atoms with Crippen LogP contribution in [0.3, 0.4) is 0 Å². The van der Waals surface area contributed by atoms with Crippen LogP contribution in [-0.2, 0) is 4.79 Å². The van der Waals surface area contributed by atoms with Gasteiger partial charge >= 0.3 is 6.09 Å². The van der Waals surface area contributed by atoms with E-state index in [0.29, 0.717) is 36.1 Å². The molecule has 3 heterocycles. The van der Waals surface area contributed by atoms with E-state index in [-0.39, 0.29) is 17.9 Å². The van der Waals surface area contributed by atoms with Gasteiger partial charge in [0.05, 0.1) is 17.9 Å². The van der Waals surface area contributed by atoms with Crippen LogP contribution in [0.5, 0.6) is 0 Å². The quantitative estimate of drug-likeness (QED) is 0.730.